The van der Waals surface area contributed by atoms with E-state index in [4.69, 9.17) is 0 Å². The van der Waals surface area contributed by atoms with Gasteiger partial charge in [0.05, 0.1) is 0 Å². The first-order valence-corrected chi connectivity index (χ1v) is 13.2. The summed E-state index contributed by atoms with van der Waals surface area (Å²) in [5.74, 6) is 0.309. The first-order valence-electron chi connectivity index (χ1n) is 13.2. The van der Waals surface area contributed by atoms with Crippen molar-refractivity contribution >= 4 is 34.0 Å². The number of anilines is 3. The summed E-state index contributed by atoms with van der Waals surface area (Å²) in [6, 6.07) is 47.8. The van der Waals surface area contributed by atoms with Crippen molar-refractivity contribution in [2.45, 2.75) is 12.3 Å². The van der Waals surface area contributed by atoms with Crippen LogP contribution in [0.25, 0.3) is 28.1 Å². The summed E-state index contributed by atoms with van der Waals surface area (Å²) in [6.07, 6.45) is 5.53. The van der Waals surface area contributed by atoms with Crippen LogP contribution in [0, 0.1) is 0 Å². The van der Waals surface area contributed by atoms with Crippen molar-refractivity contribution in [1.82, 2.24) is 4.98 Å². The largest absolute Gasteiger partial charge is 0.355 e. The zero-order valence-corrected chi connectivity index (χ0v) is 21.1. The van der Waals surface area contributed by atoms with Gasteiger partial charge in [0.15, 0.2) is 0 Å². The molecule has 2 heteroatoms. The number of H-pyrrole nitrogens is 1. The van der Waals surface area contributed by atoms with Crippen LogP contribution in [-0.2, 0) is 0 Å². The number of allylic oxidation sites excluding steroid dienone is 1. The molecule has 0 radical (unpaired) electrons. The van der Waals surface area contributed by atoms with Crippen LogP contribution in [0.2, 0.25) is 0 Å². The summed E-state index contributed by atoms with van der Waals surface area (Å²) >= 11 is 0. The van der Waals surface area contributed by atoms with Crippen LogP contribution in [0.4, 0.5) is 17.1 Å². The van der Waals surface area contributed by atoms with Gasteiger partial charge in [-0.3, -0.25) is 0 Å². The number of fused-ring (bicyclic) bond motifs is 3. The molecular formula is C36H28N2. The van der Waals surface area contributed by atoms with Gasteiger partial charge in [-0.1, -0.05) is 97.1 Å². The van der Waals surface area contributed by atoms with Crippen molar-refractivity contribution < 1.29 is 0 Å². The SMILES string of the molecule is C1=Cc2[nH]c3ccccc3c2C(c2cccc(N(c3ccccc3)c3ccc(-c4ccccc4)cc3)c2)C1. The second kappa shape index (κ2) is 9.57. The van der Waals surface area contributed by atoms with Crippen molar-refractivity contribution in [3.05, 3.63) is 156 Å². The van der Waals surface area contributed by atoms with Crippen molar-refractivity contribution in [1.29, 1.82) is 0 Å². The van der Waals surface area contributed by atoms with E-state index in [9.17, 15) is 0 Å². The molecule has 0 aliphatic heterocycles. The second-order valence-corrected chi connectivity index (χ2v) is 9.87. The van der Waals surface area contributed by atoms with Crippen LogP contribution in [0.5, 0.6) is 0 Å². The third-order valence-electron chi connectivity index (χ3n) is 7.56. The molecule has 7 rings (SSSR count). The first-order chi connectivity index (χ1) is 18.8. The van der Waals surface area contributed by atoms with Gasteiger partial charge >= 0.3 is 0 Å². The van der Waals surface area contributed by atoms with Gasteiger partial charge in [-0.15, -0.1) is 0 Å². The number of nitrogens with zero attached hydrogens (tertiary/aromatic N) is 1. The number of para-hydroxylation sites is 2. The molecule has 5 aromatic carbocycles. The summed E-state index contributed by atoms with van der Waals surface area (Å²) in [6.45, 7) is 0. The maximum atomic E-state index is 3.63. The molecule has 0 saturated heterocycles. The predicted molar refractivity (Wildman–Crippen MR) is 160 cm³/mol. The van der Waals surface area contributed by atoms with E-state index in [0.717, 1.165) is 23.5 Å². The average molecular weight is 489 g/mol. The van der Waals surface area contributed by atoms with Crippen LogP contribution in [0.15, 0.2) is 140 Å². The Morgan fingerprint density at radius 1 is 0.579 bits per heavy atom. The number of rotatable bonds is 5. The van der Waals surface area contributed by atoms with Gasteiger partial charge in [0.1, 0.15) is 0 Å². The molecule has 1 aromatic heterocycles. The Balaban J connectivity index is 1.31. The van der Waals surface area contributed by atoms with E-state index in [2.05, 4.69) is 155 Å². The molecule has 1 heterocycles. The lowest BCUT2D eigenvalue weighted by atomic mass is 9.83. The topological polar surface area (TPSA) is 19.0 Å². The summed E-state index contributed by atoms with van der Waals surface area (Å²) in [4.78, 5) is 5.98. The predicted octanol–water partition coefficient (Wildman–Crippen LogP) is 9.85. The van der Waals surface area contributed by atoms with Crippen LogP contribution in [0.1, 0.15) is 29.2 Å². The fraction of sp³-hybridized carbons (Fsp3) is 0.0556. The lowest BCUT2D eigenvalue weighted by molar-refractivity contribution is 0.825. The van der Waals surface area contributed by atoms with E-state index in [-0.39, 0.29) is 0 Å². The summed E-state index contributed by atoms with van der Waals surface area (Å²) in [7, 11) is 0. The van der Waals surface area contributed by atoms with E-state index >= 15 is 0 Å². The van der Waals surface area contributed by atoms with Crippen LogP contribution in [-0.4, -0.2) is 4.98 Å². The summed E-state index contributed by atoms with van der Waals surface area (Å²) in [5.41, 5.74) is 11.1. The maximum Gasteiger partial charge on any atom is 0.0464 e. The molecule has 0 spiro atoms. The molecule has 1 N–H and O–H groups in total. The van der Waals surface area contributed by atoms with Crippen LogP contribution >= 0.6 is 0 Å². The molecule has 0 amide bonds. The van der Waals surface area contributed by atoms with Gasteiger partial charge in [-0.05, 0) is 77.2 Å². The van der Waals surface area contributed by atoms with Crippen molar-refractivity contribution in [3.8, 4) is 11.1 Å². The molecule has 182 valence electrons. The lowest BCUT2D eigenvalue weighted by Gasteiger charge is -2.27. The number of aromatic nitrogens is 1. The van der Waals surface area contributed by atoms with Crippen LogP contribution in [0.3, 0.4) is 0 Å². The Bertz CT molecular complexity index is 1730. The third-order valence-corrected chi connectivity index (χ3v) is 7.56. The summed E-state index contributed by atoms with van der Waals surface area (Å²) in [5, 5.41) is 1.32. The monoisotopic (exact) mass is 488 g/mol. The van der Waals surface area contributed by atoms with Crippen LogP contribution < -0.4 is 4.90 Å². The van der Waals surface area contributed by atoms with E-state index in [1.165, 1.54) is 38.9 Å². The highest BCUT2D eigenvalue weighted by Crippen LogP contribution is 2.42. The van der Waals surface area contributed by atoms with Crippen molar-refractivity contribution in [3.63, 3.8) is 0 Å². The lowest BCUT2D eigenvalue weighted by Crippen LogP contribution is -2.11. The standard InChI is InChI=1S/C36H28N2/c1-3-11-26(12-4-1)27-21-23-30(24-22-27)38(29-14-5-2-6-15-29)31-16-9-13-28(25-31)32-18-10-20-35-36(32)33-17-7-8-19-34(33)37-35/h1-17,19-25,32,37H,18H2. The normalized spacial score (nSPS) is 14.4. The fourth-order valence-corrected chi connectivity index (χ4v) is 5.77. The molecule has 6 aromatic rings. The van der Waals surface area contributed by atoms with Gasteiger partial charge < -0.3 is 9.88 Å². The van der Waals surface area contributed by atoms with Gasteiger partial charge in [0.25, 0.3) is 0 Å². The minimum absolute atomic E-state index is 0.309. The first kappa shape index (κ1) is 22.4. The van der Waals surface area contributed by atoms with E-state index < -0.39 is 0 Å². The Hall–Kier alpha value is -4.82. The van der Waals surface area contributed by atoms with Gasteiger partial charge in [-0.2, -0.15) is 0 Å². The zero-order valence-electron chi connectivity index (χ0n) is 21.1. The number of benzene rings is 5. The Morgan fingerprint density at radius 2 is 1.24 bits per heavy atom. The third kappa shape index (κ3) is 4.01. The molecular weight excluding hydrogens is 460 g/mol. The molecule has 1 aliphatic rings. The second-order valence-electron chi connectivity index (χ2n) is 9.87. The van der Waals surface area contributed by atoms with E-state index in [0.29, 0.717) is 5.92 Å². The highest BCUT2D eigenvalue weighted by atomic mass is 15.1. The molecule has 1 aliphatic carbocycles. The molecule has 0 saturated carbocycles. The average Bonchev–Trinajstić information content (AvgIpc) is 3.38. The molecule has 0 fully saturated rings. The van der Waals surface area contributed by atoms with E-state index in [1.54, 1.807) is 0 Å². The molecule has 1 atom stereocenters. The van der Waals surface area contributed by atoms with E-state index in [1.807, 2.05) is 0 Å². The maximum absolute atomic E-state index is 3.63. The van der Waals surface area contributed by atoms with Gasteiger partial charge in [-0.25, -0.2) is 0 Å². The van der Waals surface area contributed by atoms with Crippen molar-refractivity contribution in [2.24, 2.45) is 0 Å². The van der Waals surface area contributed by atoms with Crippen molar-refractivity contribution in [2.75, 3.05) is 4.90 Å². The highest BCUT2D eigenvalue weighted by Gasteiger charge is 2.24. The van der Waals surface area contributed by atoms with Gasteiger partial charge in [0, 0.05) is 39.6 Å². The Morgan fingerprint density at radius 3 is 2.05 bits per heavy atom. The minimum atomic E-state index is 0.309. The Labute approximate surface area is 223 Å². The molecule has 1 unspecified atom stereocenters. The zero-order chi connectivity index (χ0) is 25.3. The fourth-order valence-electron chi connectivity index (χ4n) is 5.77. The van der Waals surface area contributed by atoms with Gasteiger partial charge in [0.2, 0.25) is 0 Å². The highest BCUT2D eigenvalue weighted by molar-refractivity contribution is 5.89. The number of hydrogen-bond acceptors (Lipinski definition) is 1. The minimum Gasteiger partial charge on any atom is -0.355 e. The molecule has 38 heavy (non-hydrogen) atoms. The molecule has 2 nitrogen and oxygen atoms in total. The summed E-state index contributed by atoms with van der Waals surface area (Å²) < 4.78 is 0. The quantitative estimate of drug-likeness (QED) is 0.256. The number of aromatic amines is 1. The molecule has 0 bridgehead atoms. The number of nitrogens with one attached hydrogen (secondary N) is 1. The number of hydrogen-bond donors (Lipinski definition) is 1. The smallest absolute Gasteiger partial charge is 0.0464 e. The Kier molecular flexibility index (Phi) is 5.64.